The molecule has 9 heteroatoms. The SMILES string of the molecule is CCOC(=O)c1cc(-c2ccccc2)sc1NC(=O)C(C)Sc1nncs1. The van der Waals surface area contributed by atoms with Gasteiger partial charge in [0.25, 0.3) is 0 Å². The second-order valence-corrected chi connectivity index (χ2v) is 8.87. The molecule has 0 spiro atoms. The molecule has 0 aliphatic rings. The van der Waals surface area contributed by atoms with Gasteiger partial charge < -0.3 is 10.1 Å². The molecule has 27 heavy (non-hydrogen) atoms. The van der Waals surface area contributed by atoms with E-state index in [1.807, 2.05) is 30.3 Å². The van der Waals surface area contributed by atoms with Crippen LogP contribution in [-0.4, -0.2) is 33.9 Å². The number of carbonyl (C=O) groups excluding carboxylic acids is 2. The number of rotatable bonds is 7. The molecule has 0 saturated heterocycles. The average Bonchev–Trinajstić information content (AvgIpc) is 3.32. The second-order valence-electron chi connectivity index (χ2n) is 5.39. The molecular formula is C18H17N3O3S3. The number of esters is 1. The van der Waals surface area contributed by atoms with Gasteiger partial charge in [-0.3, -0.25) is 4.79 Å². The van der Waals surface area contributed by atoms with Gasteiger partial charge in [-0.25, -0.2) is 4.79 Å². The molecule has 3 rings (SSSR count). The lowest BCUT2D eigenvalue weighted by Crippen LogP contribution is -2.23. The highest BCUT2D eigenvalue weighted by atomic mass is 32.2. The van der Waals surface area contributed by atoms with E-state index in [-0.39, 0.29) is 17.8 Å². The second kappa shape index (κ2) is 9.12. The van der Waals surface area contributed by atoms with Crippen LogP contribution >= 0.6 is 34.4 Å². The van der Waals surface area contributed by atoms with Crippen LogP contribution in [-0.2, 0) is 9.53 Å². The zero-order chi connectivity index (χ0) is 19.2. The number of amides is 1. The monoisotopic (exact) mass is 419 g/mol. The van der Waals surface area contributed by atoms with Crippen LogP contribution in [0.4, 0.5) is 5.00 Å². The maximum atomic E-state index is 12.6. The Bertz CT molecular complexity index is 911. The van der Waals surface area contributed by atoms with Crippen molar-refractivity contribution in [3.63, 3.8) is 0 Å². The van der Waals surface area contributed by atoms with Crippen LogP contribution in [0, 0.1) is 0 Å². The lowest BCUT2D eigenvalue weighted by molar-refractivity contribution is -0.115. The Morgan fingerprint density at radius 2 is 2.07 bits per heavy atom. The van der Waals surface area contributed by atoms with Crippen LogP contribution in [0.1, 0.15) is 24.2 Å². The van der Waals surface area contributed by atoms with E-state index in [1.54, 1.807) is 25.4 Å². The fourth-order valence-electron chi connectivity index (χ4n) is 2.22. The molecular weight excluding hydrogens is 402 g/mol. The minimum Gasteiger partial charge on any atom is -0.462 e. The number of thiophene rings is 1. The Morgan fingerprint density at radius 1 is 1.30 bits per heavy atom. The molecule has 0 fully saturated rings. The van der Waals surface area contributed by atoms with Crippen molar-refractivity contribution in [2.24, 2.45) is 0 Å². The lowest BCUT2D eigenvalue weighted by atomic mass is 10.1. The first-order chi connectivity index (χ1) is 13.1. The maximum absolute atomic E-state index is 12.6. The summed E-state index contributed by atoms with van der Waals surface area (Å²) in [6.07, 6.45) is 0. The molecule has 1 aromatic carbocycles. The van der Waals surface area contributed by atoms with Gasteiger partial charge in [0.05, 0.1) is 17.4 Å². The van der Waals surface area contributed by atoms with Crippen LogP contribution < -0.4 is 5.32 Å². The summed E-state index contributed by atoms with van der Waals surface area (Å²) >= 11 is 4.06. The molecule has 2 heterocycles. The number of nitrogens with one attached hydrogen (secondary N) is 1. The van der Waals surface area contributed by atoms with Crippen LogP contribution in [0.2, 0.25) is 0 Å². The summed E-state index contributed by atoms with van der Waals surface area (Å²) < 4.78 is 5.86. The van der Waals surface area contributed by atoms with Gasteiger partial charge in [-0.05, 0) is 25.5 Å². The highest BCUT2D eigenvalue weighted by Gasteiger charge is 2.23. The van der Waals surface area contributed by atoms with Gasteiger partial charge in [0.15, 0.2) is 4.34 Å². The van der Waals surface area contributed by atoms with Crippen molar-refractivity contribution in [2.45, 2.75) is 23.4 Å². The van der Waals surface area contributed by atoms with Crippen molar-refractivity contribution in [3.05, 3.63) is 47.5 Å². The molecule has 1 unspecified atom stereocenters. The lowest BCUT2D eigenvalue weighted by Gasteiger charge is -2.10. The summed E-state index contributed by atoms with van der Waals surface area (Å²) in [5.74, 6) is -0.655. The van der Waals surface area contributed by atoms with E-state index in [2.05, 4.69) is 15.5 Å². The zero-order valence-electron chi connectivity index (χ0n) is 14.7. The highest BCUT2D eigenvalue weighted by Crippen LogP contribution is 2.36. The standard InChI is InChI=1S/C18H17N3O3S3/c1-3-24-17(23)13-9-14(12-7-5-4-6-8-12)27-16(13)20-15(22)11(2)26-18-21-19-10-25-18/h4-11H,3H2,1-2H3,(H,20,22). The fourth-order valence-corrected chi connectivity index (χ4v) is 4.90. The molecule has 0 bridgehead atoms. The molecule has 2 aromatic heterocycles. The Kier molecular flexibility index (Phi) is 6.59. The molecule has 0 aliphatic heterocycles. The smallest absolute Gasteiger partial charge is 0.341 e. The molecule has 1 atom stereocenters. The number of benzene rings is 1. The number of ether oxygens (including phenoxy) is 1. The summed E-state index contributed by atoms with van der Waals surface area (Å²) in [6, 6.07) is 11.5. The first-order valence-electron chi connectivity index (χ1n) is 8.18. The van der Waals surface area contributed by atoms with Gasteiger partial charge in [0, 0.05) is 4.88 Å². The Balaban J connectivity index is 1.83. The Labute approximate surface area is 169 Å². The number of aromatic nitrogens is 2. The molecule has 6 nitrogen and oxygen atoms in total. The van der Waals surface area contributed by atoms with Gasteiger partial charge in [0.2, 0.25) is 5.91 Å². The number of anilines is 1. The van der Waals surface area contributed by atoms with E-state index in [1.165, 1.54) is 34.4 Å². The van der Waals surface area contributed by atoms with Crippen molar-refractivity contribution in [1.82, 2.24) is 10.2 Å². The third kappa shape index (κ3) is 4.94. The minimum absolute atomic E-state index is 0.206. The summed E-state index contributed by atoms with van der Waals surface area (Å²) in [6.45, 7) is 3.81. The predicted molar refractivity (Wildman–Crippen MR) is 110 cm³/mol. The first kappa shape index (κ1) is 19.5. The Hall–Kier alpha value is -2.23. The zero-order valence-corrected chi connectivity index (χ0v) is 17.1. The molecule has 0 radical (unpaired) electrons. The normalized spacial score (nSPS) is 11.8. The summed E-state index contributed by atoms with van der Waals surface area (Å²) in [4.78, 5) is 25.8. The maximum Gasteiger partial charge on any atom is 0.341 e. The molecule has 1 N–H and O–H groups in total. The number of carbonyl (C=O) groups is 2. The van der Waals surface area contributed by atoms with Crippen molar-refractivity contribution in [2.75, 3.05) is 11.9 Å². The number of nitrogens with zero attached hydrogens (tertiary/aromatic N) is 2. The third-order valence-electron chi connectivity index (χ3n) is 3.51. The van der Waals surface area contributed by atoms with Crippen LogP contribution in [0.25, 0.3) is 10.4 Å². The quantitative estimate of drug-likeness (QED) is 0.446. The van der Waals surface area contributed by atoms with Gasteiger partial charge in [-0.15, -0.1) is 21.5 Å². The Morgan fingerprint density at radius 3 is 2.74 bits per heavy atom. The molecule has 1 amide bonds. The van der Waals surface area contributed by atoms with E-state index in [9.17, 15) is 9.59 Å². The van der Waals surface area contributed by atoms with Crippen molar-refractivity contribution >= 4 is 51.3 Å². The minimum atomic E-state index is -0.448. The van der Waals surface area contributed by atoms with Gasteiger partial charge in [-0.1, -0.05) is 53.4 Å². The van der Waals surface area contributed by atoms with Crippen LogP contribution in [0.3, 0.4) is 0 Å². The van der Waals surface area contributed by atoms with E-state index in [0.29, 0.717) is 10.6 Å². The summed E-state index contributed by atoms with van der Waals surface area (Å²) in [5.41, 5.74) is 2.96. The molecule has 140 valence electrons. The largest absolute Gasteiger partial charge is 0.462 e. The van der Waals surface area contributed by atoms with Crippen molar-refractivity contribution < 1.29 is 14.3 Å². The van der Waals surface area contributed by atoms with Crippen LogP contribution in [0.15, 0.2) is 46.2 Å². The van der Waals surface area contributed by atoms with Crippen LogP contribution in [0.5, 0.6) is 0 Å². The van der Waals surface area contributed by atoms with Gasteiger partial charge in [0.1, 0.15) is 10.5 Å². The van der Waals surface area contributed by atoms with E-state index >= 15 is 0 Å². The first-order valence-corrected chi connectivity index (χ1v) is 10.8. The third-order valence-corrected chi connectivity index (χ3v) is 6.52. The summed E-state index contributed by atoms with van der Waals surface area (Å²) in [7, 11) is 0. The van der Waals surface area contributed by atoms with E-state index < -0.39 is 5.97 Å². The highest BCUT2D eigenvalue weighted by molar-refractivity contribution is 8.02. The number of thioether (sulfide) groups is 1. The van der Waals surface area contributed by atoms with E-state index in [0.717, 1.165) is 14.8 Å². The molecule has 3 aromatic rings. The number of hydrogen-bond donors (Lipinski definition) is 1. The fraction of sp³-hybridized carbons (Fsp3) is 0.222. The topological polar surface area (TPSA) is 81.2 Å². The van der Waals surface area contributed by atoms with Gasteiger partial charge in [-0.2, -0.15) is 0 Å². The van der Waals surface area contributed by atoms with Crippen molar-refractivity contribution in [1.29, 1.82) is 0 Å². The van der Waals surface area contributed by atoms with E-state index in [4.69, 9.17) is 4.74 Å². The predicted octanol–water partition coefficient (Wildman–Crippen LogP) is 4.56. The molecule has 0 saturated carbocycles. The van der Waals surface area contributed by atoms with Crippen molar-refractivity contribution in [3.8, 4) is 10.4 Å². The average molecular weight is 420 g/mol. The summed E-state index contributed by atoms with van der Waals surface area (Å²) in [5, 5.41) is 10.7. The molecule has 0 aliphatic carbocycles. The number of hydrogen-bond acceptors (Lipinski definition) is 8. The van der Waals surface area contributed by atoms with Gasteiger partial charge >= 0.3 is 5.97 Å².